The molecule has 0 aliphatic carbocycles. The number of fused-ring (bicyclic) bond motifs is 1. The van der Waals surface area contributed by atoms with E-state index in [2.05, 4.69) is 4.98 Å². The van der Waals surface area contributed by atoms with Crippen molar-refractivity contribution in [3.63, 3.8) is 0 Å². The molecule has 4 nitrogen and oxygen atoms in total. The summed E-state index contributed by atoms with van der Waals surface area (Å²) in [6.45, 7) is -0.0396. The van der Waals surface area contributed by atoms with Crippen molar-refractivity contribution in [2.45, 2.75) is 0 Å². The standard InChI is InChI=1S/C8H7FN2O2/c1-11-6-2-5(9)3-10-8(6)13-4-7(11)12/h2-3H,4H2,1H3. The number of carbonyl (C=O) groups is 1. The topological polar surface area (TPSA) is 42.4 Å². The van der Waals surface area contributed by atoms with Crippen molar-refractivity contribution in [3.8, 4) is 5.88 Å². The number of hydrogen-bond donors (Lipinski definition) is 0. The molecule has 0 saturated heterocycles. The SMILES string of the molecule is CN1C(=O)COc2ncc(F)cc21. The number of amides is 1. The normalized spacial score (nSPS) is 15.2. The maximum atomic E-state index is 12.7. The summed E-state index contributed by atoms with van der Waals surface area (Å²) in [5.41, 5.74) is 0.372. The molecule has 2 rings (SSSR count). The first kappa shape index (κ1) is 7.97. The monoisotopic (exact) mass is 182 g/mol. The highest BCUT2D eigenvalue weighted by atomic mass is 19.1. The second-order valence-corrected chi connectivity index (χ2v) is 2.72. The predicted molar refractivity (Wildman–Crippen MR) is 43.1 cm³/mol. The maximum Gasteiger partial charge on any atom is 0.264 e. The minimum Gasteiger partial charge on any atom is -0.466 e. The number of aromatic nitrogens is 1. The molecular weight excluding hydrogens is 175 g/mol. The van der Waals surface area contributed by atoms with Crippen molar-refractivity contribution in [1.82, 2.24) is 4.98 Å². The molecule has 13 heavy (non-hydrogen) atoms. The number of anilines is 1. The number of likely N-dealkylation sites (N-methyl/N-ethyl adjacent to an activating group) is 1. The molecule has 0 unspecified atom stereocenters. The average Bonchev–Trinajstić information content (AvgIpc) is 2.12. The van der Waals surface area contributed by atoms with Crippen LogP contribution in [0.5, 0.6) is 5.88 Å². The van der Waals surface area contributed by atoms with Gasteiger partial charge in [-0.1, -0.05) is 0 Å². The number of rotatable bonds is 0. The molecule has 5 heteroatoms. The third-order valence-electron chi connectivity index (χ3n) is 1.87. The Labute approximate surface area is 73.9 Å². The molecule has 0 N–H and O–H groups in total. The minimum absolute atomic E-state index is 0.0396. The molecule has 0 radical (unpaired) electrons. The van der Waals surface area contributed by atoms with Gasteiger partial charge in [-0.05, 0) is 0 Å². The van der Waals surface area contributed by atoms with E-state index in [-0.39, 0.29) is 12.5 Å². The quantitative estimate of drug-likeness (QED) is 0.589. The van der Waals surface area contributed by atoms with Crippen LogP contribution in [0.25, 0.3) is 0 Å². The van der Waals surface area contributed by atoms with Gasteiger partial charge in [-0.15, -0.1) is 0 Å². The van der Waals surface area contributed by atoms with E-state index in [0.717, 1.165) is 6.20 Å². The van der Waals surface area contributed by atoms with Crippen LogP contribution in [0.4, 0.5) is 10.1 Å². The van der Waals surface area contributed by atoms with Crippen LogP contribution in [0.15, 0.2) is 12.3 Å². The zero-order chi connectivity index (χ0) is 9.42. The van der Waals surface area contributed by atoms with Crippen molar-refractivity contribution >= 4 is 11.6 Å². The van der Waals surface area contributed by atoms with Crippen LogP contribution < -0.4 is 9.64 Å². The summed E-state index contributed by atoms with van der Waals surface area (Å²) in [5, 5.41) is 0. The summed E-state index contributed by atoms with van der Waals surface area (Å²) >= 11 is 0. The molecule has 2 heterocycles. The lowest BCUT2D eigenvalue weighted by Crippen LogP contribution is -2.35. The van der Waals surface area contributed by atoms with Crippen LogP contribution in [0, 0.1) is 5.82 Å². The second kappa shape index (κ2) is 2.69. The molecule has 0 bridgehead atoms. The molecular formula is C8H7FN2O2. The number of ether oxygens (including phenoxy) is 1. The molecule has 1 aromatic rings. The third-order valence-corrected chi connectivity index (χ3v) is 1.87. The molecule has 0 spiro atoms. The molecule has 1 aliphatic heterocycles. The van der Waals surface area contributed by atoms with E-state index < -0.39 is 5.82 Å². The molecule has 0 aromatic carbocycles. The van der Waals surface area contributed by atoms with Gasteiger partial charge < -0.3 is 9.64 Å². The first-order valence-electron chi connectivity index (χ1n) is 3.73. The summed E-state index contributed by atoms with van der Waals surface area (Å²) in [6, 6.07) is 1.22. The van der Waals surface area contributed by atoms with Gasteiger partial charge in [0.05, 0.1) is 6.20 Å². The zero-order valence-electron chi connectivity index (χ0n) is 6.95. The lowest BCUT2D eigenvalue weighted by molar-refractivity contribution is -0.121. The highest BCUT2D eigenvalue weighted by molar-refractivity contribution is 5.96. The second-order valence-electron chi connectivity index (χ2n) is 2.72. The van der Waals surface area contributed by atoms with E-state index in [1.165, 1.54) is 11.0 Å². The summed E-state index contributed by atoms with van der Waals surface area (Å²) < 4.78 is 17.7. The van der Waals surface area contributed by atoms with E-state index in [0.29, 0.717) is 11.6 Å². The van der Waals surface area contributed by atoms with Crippen molar-refractivity contribution < 1.29 is 13.9 Å². The van der Waals surface area contributed by atoms with Gasteiger partial charge in [-0.3, -0.25) is 4.79 Å². The van der Waals surface area contributed by atoms with Gasteiger partial charge in [0.15, 0.2) is 6.61 Å². The van der Waals surface area contributed by atoms with E-state index in [9.17, 15) is 9.18 Å². The highest BCUT2D eigenvalue weighted by Gasteiger charge is 2.23. The van der Waals surface area contributed by atoms with Crippen LogP contribution in [0.1, 0.15) is 0 Å². The van der Waals surface area contributed by atoms with Gasteiger partial charge in [-0.25, -0.2) is 9.37 Å². The van der Waals surface area contributed by atoms with Gasteiger partial charge in [0.2, 0.25) is 5.88 Å². The van der Waals surface area contributed by atoms with Crippen LogP contribution in [0.2, 0.25) is 0 Å². The largest absolute Gasteiger partial charge is 0.466 e. The average molecular weight is 182 g/mol. The van der Waals surface area contributed by atoms with E-state index >= 15 is 0 Å². The minimum atomic E-state index is -0.483. The summed E-state index contributed by atoms with van der Waals surface area (Å²) in [4.78, 5) is 16.2. The lowest BCUT2D eigenvalue weighted by atomic mass is 10.3. The number of nitrogens with zero attached hydrogens (tertiary/aromatic N) is 2. The molecule has 0 fully saturated rings. The third kappa shape index (κ3) is 1.22. The smallest absolute Gasteiger partial charge is 0.264 e. The fraction of sp³-hybridized carbons (Fsp3) is 0.250. The number of carbonyl (C=O) groups excluding carboxylic acids is 1. The van der Waals surface area contributed by atoms with Crippen LogP contribution in [-0.4, -0.2) is 24.5 Å². The van der Waals surface area contributed by atoms with Crippen molar-refractivity contribution in [3.05, 3.63) is 18.1 Å². The van der Waals surface area contributed by atoms with E-state index in [4.69, 9.17) is 4.74 Å². The van der Waals surface area contributed by atoms with Crippen LogP contribution >= 0.6 is 0 Å². The van der Waals surface area contributed by atoms with Gasteiger partial charge in [0, 0.05) is 13.1 Å². The van der Waals surface area contributed by atoms with Crippen molar-refractivity contribution in [2.75, 3.05) is 18.6 Å². The summed E-state index contributed by atoms with van der Waals surface area (Å²) in [5.74, 6) is -0.396. The van der Waals surface area contributed by atoms with Gasteiger partial charge in [0.1, 0.15) is 11.5 Å². The Kier molecular flexibility index (Phi) is 1.65. The van der Waals surface area contributed by atoms with Crippen LogP contribution in [-0.2, 0) is 4.79 Å². The Morgan fingerprint density at radius 3 is 3.23 bits per heavy atom. The van der Waals surface area contributed by atoms with E-state index in [1.54, 1.807) is 7.05 Å². The van der Waals surface area contributed by atoms with Gasteiger partial charge in [0.25, 0.3) is 5.91 Å². The molecule has 1 aromatic heterocycles. The Balaban J connectivity index is 2.51. The molecule has 1 amide bonds. The number of hydrogen-bond acceptors (Lipinski definition) is 3. The number of halogens is 1. The predicted octanol–water partition coefficient (Wildman–Crippen LogP) is 0.576. The fourth-order valence-corrected chi connectivity index (χ4v) is 1.13. The Bertz CT molecular complexity index is 367. The Hall–Kier alpha value is -1.65. The molecule has 0 atom stereocenters. The molecule has 1 aliphatic rings. The zero-order valence-corrected chi connectivity index (χ0v) is 6.95. The summed E-state index contributed by atoms with van der Waals surface area (Å²) in [7, 11) is 1.56. The summed E-state index contributed by atoms with van der Waals surface area (Å²) in [6.07, 6.45) is 1.06. The first-order valence-corrected chi connectivity index (χ1v) is 3.73. The fourth-order valence-electron chi connectivity index (χ4n) is 1.13. The van der Waals surface area contributed by atoms with Gasteiger partial charge in [-0.2, -0.15) is 0 Å². The highest BCUT2D eigenvalue weighted by Crippen LogP contribution is 2.28. The Morgan fingerprint density at radius 2 is 2.46 bits per heavy atom. The lowest BCUT2D eigenvalue weighted by Gasteiger charge is -2.24. The van der Waals surface area contributed by atoms with E-state index in [1.807, 2.05) is 0 Å². The Morgan fingerprint density at radius 1 is 1.69 bits per heavy atom. The number of pyridine rings is 1. The van der Waals surface area contributed by atoms with Crippen LogP contribution in [0.3, 0.4) is 0 Å². The van der Waals surface area contributed by atoms with Crippen molar-refractivity contribution in [2.24, 2.45) is 0 Å². The van der Waals surface area contributed by atoms with Crippen molar-refractivity contribution in [1.29, 1.82) is 0 Å². The molecule has 0 saturated carbocycles. The first-order chi connectivity index (χ1) is 6.18. The molecule has 68 valence electrons. The maximum absolute atomic E-state index is 12.7. The van der Waals surface area contributed by atoms with Gasteiger partial charge >= 0.3 is 0 Å².